The average molecular weight is 293 g/mol. The molecule has 0 saturated carbocycles. The maximum Gasteiger partial charge on any atom is 0.258 e. The van der Waals surface area contributed by atoms with E-state index in [0.29, 0.717) is 16.5 Å². The van der Waals surface area contributed by atoms with Crippen LogP contribution in [0.2, 0.25) is 0 Å². The van der Waals surface area contributed by atoms with Crippen LogP contribution in [-0.2, 0) is 9.59 Å². The zero-order valence-corrected chi connectivity index (χ0v) is 11.7. The van der Waals surface area contributed by atoms with Crippen molar-refractivity contribution in [2.24, 2.45) is 15.2 Å². The molecule has 106 valence electrons. The van der Waals surface area contributed by atoms with Crippen molar-refractivity contribution >= 4 is 28.7 Å². The Morgan fingerprint density at radius 3 is 3.00 bits per heavy atom. The van der Waals surface area contributed by atoms with Crippen LogP contribution in [0, 0.1) is 0 Å². The number of carbonyl (C=O) groups excluding carboxylic acids is 2. The molecule has 0 aromatic rings. The normalized spacial score (nSPS) is 24.9. The molecule has 0 radical (unpaired) electrons. The van der Waals surface area contributed by atoms with Gasteiger partial charge >= 0.3 is 0 Å². The standard InChI is InChI=1S/C12H15N5O2S/c18-9(17-4-2-1-3-5-17)7-20-12-14-10-8(6-13-16-10)11(19)15-12/h6,10H,1-5,7H2,(H,14,15,19). The van der Waals surface area contributed by atoms with Gasteiger partial charge in [0, 0.05) is 13.1 Å². The Labute approximate surface area is 120 Å². The van der Waals surface area contributed by atoms with Crippen LogP contribution < -0.4 is 5.32 Å². The van der Waals surface area contributed by atoms with Gasteiger partial charge in [0.25, 0.3) is 5.91 Å². The third kappa shape index (κ3) is 2.74. The molecule has 1 unspecified atom stereocenters. The van der Waals surface area contributed by atoms with E-state index in [0.717, 1.165) is 25.9 Å². The molecule has 0 bridgehead atoms. The summed E-state index contributed by atoms with van der Waals surface area (Å²) in [4.78, 5) is 29.9. The zero-order chi connectivity index (χ0) is 13.9. The Balaban J connectivity index is 1.56. The van der Waals surface area contributed by atoms with Crippen LogP contribution in [0.15, 0.2) is 27.0 Å². The van der Waals surface area contributed by atoms with E-state index in [9.17, 15) is 9.59 Å². The number of thioether (sulfide) groups is 1. The first-order valence-electron chi connectivity index (χ1n) is 6.64. The number of rotatable bonds is 2. The average Bonchev–Trinajstić information content (AvgIpc) is 2.94. The number of hydrogen-bond acceptors (Lipinski definition) is 6. The van der Waals surface area contributed by atoms with Gasteiger partial charge in [0.2, 0.25) is 5.91 Å². The third-order valence-electron chi connectivity index (χ3n) is 3.41. The van der Waals surface area contributed by atoms with Crippen molar-refractivity contribution in [3.05, 3.63) is 11.8 Å². The first-order chi connectivity index (χ1) is 9.74. The fraction of sp³-hybridized carbons (Fsp3) is 0.583. The molecule has 3 rings (SSSR count). The highest BCUT2D eigenvalue weighted by atomic mass is 32.2. The highest BCUT2D eigenvalue weighted by molar-refractivity contribution is 8.14. The number of fused-ring (bicyclic) bond motifs is 1. The van der Waals surface area contributed by atoms with Crippen molar-refractivity contribution in [2.75, 3.05) is 18.8 Å². The number of nitrogens with one attached hydrogen (secondary N) is 1. The highest BCUT2D eigenvalue weighted by Gasteiger charge is 2.30. The van der Waals surface area contributed by atoms with Crippen LogP contribution in [0.3, 0.4) is 0 Å². The molecule has 3 aliphatic heterocycles. The molecule has 3 heterocycles. The maximum absolute atomic E-state index is 12.0. The summed E-state index contributed by atoms with van der Waals surface area (Å²) in [5.74, 6) is 0.158. The molecule has 1 N–H and O–H groups in total. The third-order valence-corrected chi connectivity index (χ3v) is 4.29. The predicted octanol–water partition coefficient (Wildman–Crippen LogP) is 0.894. The molecule has 0 aliphatic carbocycles. The number of carbonyl (C=O) groups is 2. The van der Waals surface area contributed by atoms with Gasteiger partial charge < -0.3 is 10.2 Å². The number of aliphatic imine (C=N–C) groups is 1. The zero-order valence-electron chi connectivity index (χ0n) is 10.9. The number of nitrogens with zero attached hydrogens (tertiary/aromatic N) is 4. The molecule has 2 amide bonds. The maximum atomic E-state index is 12.0. The lowest BCUT2D eigenvalue weighted by Crippen LogP contribution is -2.40. The van der Waals surface area contributed by atoms with E-state index >= 15 is 0 Å². The molecular weight excluding hydrogens is 278 g/mol. The van der Waals surface area contributed by atoms with E-state index in [2.05, 4.69) is 20.5 Å². The Hall–Kier alpha value is -1.70. The fourth-order valence-corrected chi connectivity index (χ4v) is 3.09. The monoisotopic (exact) mass is 293 g/mol. The van der Waals surface area contributed by atoms with Crippen LogP contribution in [0.1, 0.15) is 19.3 Å². The van der Waals surface area contributed by atoms with Crippen LogP contribution in [0.25, 0.3) is 0 Å². The van der Waals surface area contributed by atoms with E-state index in [1.807, 2.05) is 4.90 Å². The van der Waals surface area contributed by atoms with E-state index in [4.69, 9.17) is 0 Å². The van der Waals surface area contributed by atoms with Gasteiger partial charge in [0.15, 0.2) is 11.3 Å². The number of amidine groups is 1. The second-order valence-electron chi connectivity index (χ2n) is 4.81. The number of azo groups is 1. The van der Waals surface area contributed by atoms with Crippen molar-refractivity contribution in [3.63, 3.8) is 0 Å². The van der Waals surface area contributed by atoms with Gasteiger partial charge in [0.05, 0.1) is 17.5 Å². The topological polar surface area (TPSA) is 86.5 Å². The van der Waals surface area contributed by atoms with Gasteiger partial charge in [-0.1, -0.05) is 11.8 Å². The van der Waals surface area contributed by atoms with Gasteiger partial charge in [0.1, 0.15) is 0 Å². The van der Waals surface area contributed by atoms with Crippen molar-refractivity contribution in [3.8, 4) is 0 Å². The SMILES string of the molecule is O=C1NC(SCC(=O)N2CCCCC2)=NC2N=NC=C12. The van der Waals surface area contributed by atoms with E-state index in [1.54, 1.807) is 0 Å². The number of hydrogen-bond donors (Lipinski definition) is 1. The first kappa shape index (κ1) is 13.3. The molecule has 20 heavy (non-hydrogen) atoms. The lowest BCUT2D eigenvalue weighted by Gasteiger charge is -2.26. The molecular formula is C12H15N5O2S. The van der Waals surface area contributed by atoms with Crippen LogP contribution >= 0.6 is 11.8 Å². The van der Waals surface area contributed by atoms with Crippen molar-refractivity contribution in [1.82, 2.24) is 10.2 Å². The molecule has 0 aromatic carbocycles. The summed E-state index contributed by atoms with van der Waals surface area (Å²) < 4.78 is 0. The molecule has 0 spiro atoms. The van der Waals surface area contributed by atoms with E-state index < -0.39 is 6.17 Å². The lowest BCUT2D eigenvalue weighted by atomic mass is 10.1. The number of amides is 2. The summed E-state index contributed by atoms with van der Waals surface area (Å²) in [6.07, 6.45) is 4.23. The minimum Gasteiger partial charge on any atom is -0.342 e. The Bertz CT molecular complexity index is 522. The minimum absolute atomic E-state index is 0.0982. The van der Waals surface area contributed by atoms with Crippen molar-refractivity contribution < 1.29 is 9.59 Å². The van der Waals surface area contributed by atoms with Crippen LogP contribution in [0.5, 0.6) is 0 Å². The summed E-state index contributed by atoms with van der Waals surface area (Å²) in [5, 5.41) is 10.7. The highest BCUT2D eigenvalue weighted by Crippen LogP contribution is 2.22. The molecule has 1 fully saturated rings. The first-order valence-corrected chi connectivity index (χ1v) is 7.62. The van der Waals surface area contributed by atoms with Crippen molar-refractivity contribution in [2.45, 2.75) is 25.4 Å². The molecule has 1 atom stereocenters. The number of piperidine rings is 1. The van der Waals surface area contributed by atoms with Gasteiger partial charge in [-0.15, -0.1) is 0 Å². The van der Waals surface area contributed by atoms with Crippen LogP contribution in [0.4, 0.5) is 0 Å². The summed E-state index contributed by atoms with van der Waals surface area (Å²) in [5.41, 5.74) is 0.455. The Morgan fingerprint density at radius 1 is 1.40 bits per heavy atom. The molecule has 7 nitrogen and oxygen atoms in total. The molecule has 8 heteroatoms. The van der Waals surface area contributed by atoms with E-state index in [-0.39, 0.29) is 11.8 Å². The smallest absolute Gasteiger partial charge is 0.258 e. The van der Waals surface area contributed by atoms with Gasteiger partial charge in [-0.3, -0.25) is 9.59 Å². The Morgan fingerprint density at radius 2 is 2.20 bits per heavy atom. The second kappa shape index (κ2) is 5.74. The minimum atomic E-state index is -0.531. The molecule has 0 aromatic heterocycles. The summed E-state index contributed by atoms with van der Waals surface area (Å²) in [7, 11) is 0. The Kier molecular flexibility index (Phi) is 3.81. The van der Waals surface area contributed by atoms with Gasteiger partial charge in [-0.25, -0.2) is 4.99 Å². The summed E-state index contributed by atoms with van der Waals surface area (Å²) >= 11 is 1.25. The van der Waals surface area contributed by atoms with Gasteiger partial charge in [-0.2, -0.15) is 10.2 Å². The largest absolute Gasteiger partial charge is 0.342 e. The summed E-state index contributed by atoms with van der Waals surface area (Å²) in [6.45, 7) is 1.67. The van der Waals surface area contributed by atoms with Crippen molar-refractivity contribution in [1.29, 1.82) is 0 Å². The predicted molar refractivity (Wildman–Crippen MR) is 75.2 cm³/mol. The van der Waals surface area contributed by atoms with Crippen LogP contribution in [-0.4, -0.2) is 46.9 Å². The van der Waals surface area contributed by atoms with Gasteiger partial charge in [-0.05, 0) is 19.3 Å². The quantitative estimate of drug-likeness (QED) is 0.820. The number of likely N-dealkylation sites (tertiary alicyclic amines) is 1. The van der Waals surface area contributed by atoms with E-state index in [1.165, 1.54) is 24.4 Å². The fourth-order valence-electron chi connectivity index (χ4n) is 2.31. The molecule has 3 aliphatic rings. The lowest BCUT2D eigenvalue weighted by molar-refractivity contribution is -0.129. The molecule has 1 saturated heterocycles. The summed E-state index contributed by atoms with van der Waals surface area (Å²) in [6, 6.07) is 0. The second-order valence-corrected chi connectivity index (χ2v) is 5.77.